The smallest absolute Gasteiger partial charge is 0.319 e. The summed E-state index contributed by atoms with van der Waals surface area (Å²) in [6.45, 7) is 3.03. The lowest BCUT2D eigenvalue weighted by molar-refractivity contribution is 0.107. The van der Waals surface area contributed by atoms with Gasteiger partial charge in [-0.1, -0.05) is 35.9 Å². The van der Waals surface area contributed by atoms with E-state index in [1.54, 1.807) is 12.1 Å². The predicted molar refractivity (Wildman–Crippen MR) is 164 cm³/mol. The first-order valence-corrected chi connectivity index (χ1v) is 15.7. The number of fused-ring (bicyclic) bond motifs is 5. The van der Waals surface area contributed by atoms with E-state index in [2.05, 4.69) is 20.1 Å². The number of aromatic hydroxyl groups is 1. The molecule has 4 fully saturated rings. The van der Waals surface area contributed by atoms with Gasteiger partial charge in [-0.15, -0.1) is 0 Å². The molecule has 4 aliphatic heterocycles. The molecular formula is C33H34ClF2N5O2. The molecule has 2 bridgehead atoms. The van der Waals surface area contributed by atoms with E-state index in [1.807, 2.05) is 24.3 Å². The van der Waals surface area contributed by atoms with Crippen molar-refractivity contribution in [2.75, 3.05) is 37.7 Å². The van der Waals surface area contributed by atoms with Gasteiger partial charge in [-0.25, -0.2) is 8.78 Å². The highest BCUT2D eigenvalue weighted by Gasteiger charge is 2.49. The number of ether oxygens (including phenoxy) is 1. The highest BCUT2D eigenvalue weighted by molar-refractivity contribution is 6.35. The molecule has 7 nitrogen and oxygen atoms in total. The number of phenolic OH excluding ortho intramolecular Hbond substituents is 1. The van der Waals surface area contributed by atoms with Crippen LogP contribution in [-0.2, 0) is 0 Å². The number of halogens is 3. The second-order valence-corrected chi connectivity index (χ2v) is 13.1. The number of nitrogens with zero attached hydrogens (tertiary/aromatic N) is 4. The molecule has 0 saturated carbocycles. The first kappa shape index (κ1) is 27.3. The lowest BCUT2D eigenvalue weighted by Crippen LogP contribution is -2.43. The highest BCUT2D eigenvalue weighted by Crippen LogP contribution is 2.44. The first-order chi connectivity index (χ1) is 20.9. The van der Waals surface area contributed by atoms with E-state index >= 15 is 4.39 Å². The van der Waals surface area contributed by atoms with Crippen LogP contribution < -0.4 is 15.0 Å². The Kier molecular flexibility index (Phi) is 6.62. The molecule has 10 heteroatoms. The standard InChI is InChI=1S/C33H34ClF2N5O2/c34-27-14-26-30(29(36)28(27)25-13-23(42)12-19-4-1-2-5-24(19)25)38-32(43-18-33-9-3-10-41(33)16-20(35)15-33)39-31(26)40-11-8-21-6-7-22(17-40)37-21/h1-2,4-5,12-14,20-22,37,42H,3,6-11,15-18H2/t20-,21-,22+,33+/m1/s1. The van der Waals surface area contributed by atoms with Crippen molar-refractivity contribution in [2.24, 2.45) is 0 Å². The zero-order valence-electron chi connectivity index (χ0n) is 23.8. The predicted octanol–water partition coefficient (Wildman–Crippen LogP) is 6.23. The van der Waals surface area contributed by atoms with Crippen LogP contribution in [0.1, 0.15) is 38.5 Å². The lowest BCUT2D eigenvalue weighted by Gasteiger charge is -2.31. The molecule has 224 valence electrons. The molecule has 0 amide bonds. The van der Waals surface area contributed by atoms with Crippen molar-refractivity contribution in [3.63, 3.8) is 0 Å². The van der Waals surface area contributed by atoms with Crippen LogP contribution in [0.15, 0.2) is 42.5 Å². The Labute approximate surface area is 253 Å². The summed E-state index contributed by atoms with van der Waals surface area (Å²) in [5.41, 5.74) is 0.391. The third-order valence-electron chi connectivity index (χ3n) is 10.0. The van der Waals surface area contributed by atoms with Crippen molar-refractivity contribution in [1.82, 2.24) is 20.2 Å². The maximum Gasteiger partial charge on any atom is 0.319 e. The van der Waals surface area contributed by atoms with Gasteiger partial charge in [0.2, 0.25) is 0 Å². The van der Waals surface area contributed by atoms with Crippen LogP contribution in [0.3, 0.4) is 0 Å². The summed E-state index contributed by atoms with van der Waals surface area (Å²) in [5, 5.41) is 16.5. The third kappa shape index (κ3) is 4.67. The van der Waals surface area contributed by atoms with E-state index in [4.69, 9.17) is 21.3 Å². The molecule has 2 N–H and O–H groups in total. The largest absolute Gasteiger partial charge is 0.508 e. The molecule has 0 spiro atoms. The van der Waals surface area contributed by atoms with Gasteiger partial charge in [-0.3, -0.25) is 4.90 Å². The first-order valence-electron chi connectivity index (χ1n) is 15.3. The number of phenols is 1. The Hall–Kier alpha value is -3.27. The van der Waals surface area contributed by atoms with E-state index < -0.39 is 12.0 Å². The number of benzene rings is 3. The van der Waals surface area contributed by atoms with Crippen LogP contribution in [0.5, 0.6) is 11.8 Å². The fourth-order valence-electron chi connectivity index (χ4n) is 8.00. The molecule has 1 aromatic heterocycles. The van der Waals surface area contributed by atoms with Crippen molar-refractivity contribution in [2.45, 2.75) is 62.3 Å². The minimum Gasteiger partial charge on any atom is -0.508 e. The zero-order valence-corrected chi connectivity index (χ0v) is 24.6. The van der Waals surface area contributed by atoms with Crippen LogP contribution in [0.4, 0.5) is 14.6 Å². The van der Waals surface area contributed by atoms with Gasteiger partial charge in [0.1, 0.15) is 29.9 Å². The number of hydrogen-bond donors (Lipinski definition) is 2. The molecule has 8 rings (SSSR count). The van der Waals surface area contributed by atoms with Gasteiger partial charge < -0.3 is 20.1 Å². The van der Waals surface area contributed by atoms with E-state index in [1.165, 1.54) is 6.07 Å². The van der Waals surface area contributed by atoms with Gasteiger partial charge in [-0.05, 0) is 73.2 Å². The van der Waals surface area contributed by atoms with Crippen LogP contribution in [0, 0.1) is 5.82 Å². The SMILES string of the molecule is Oc1cc(-c2c(Cl)cc3c(N4CC[C@H]5CC[C@@H](C4)N5)nc(OC[C@@]45CCCN4C[C@H](F)C5)nc3c2F)c2ccccc2c1. The molecule has 4 aromatic rings. The summed E-state index contributed by atoms with van der Waals surface area (Å²) in [4.78, 5) is 13.9. The minimum absolute atomic E-state index is 0.0203. The molecule has 4 atom stereocenters. The van der Waals surface area contributed by atoms with Crippen LogP contribution in [0.25, 0.3) is 32.8 Å². The molecule has 4 saturated heterocycles. The third-order valence-corrected chi connectivity index (χ3v) is 10.3. The molecule has 3 aromatic carbocycles. The minimum atomic E-state index is -0.878. The summed E-state index contributed by atoms with van der Waals surface area (Å²) < 4.78 is 37.6. The number of aromatic nitrogens is 2. The maximum absolute atomic E-state index is 16.8. The normalized spacial score (nSPS) is 27.2. The Morgan fingerprint density at radius 3 is 2.81 bits per heavy atom. The molecule has 5 heterocycles. The molecule has 0 radical (unpaired) electrons. The topological polar surface area (TPSA) is 73.8 Å². The van der Waals surface area contributed by atoms with E-state index in [9.17, 15) is 9.50 Å². The van der Waals surface area contributed by atoms with Gasteiger partial charge in [-0.2, -0.15) is 9.97 Å². The monoisotopic (exact) mass is 605 g/mol. The summed E-state index contributed by atoms with van der Waals surface area (Å²) in [6.07, 6.45) is 4.60. The van der Waals surface area contributed by atoms with Crippen LogP contribution in [-0.4, -0.2) is 76.6 Å². The Balaban J connectivity index is 1.27. The molecule has 0 aliphatic carbocycles. The fourth-order valence-corrected chi connectivity index (χ4v) is 8.29. The van der Waals surface area contributed by atoms with Crippen molar-refractivity contribution in [3.8, 4) is 22.9 Å². The van der Waals surface area contributed by atoms with Gasteiger partial charge in [0, 0.05) is 49.1 Å². The number of hydrogen-bond acceptors (Lipinski definition) is 7. The van der Waals surface area contributed by atoms with Crippen molar-refractivity contribution in [1.29, 1.82) is 0 Å². The highest BCUT2D eigenvalue weighted by atomic mass is 35.5. The van der Waals surface area contributed by atoms with Crippen molar-refractivity contribution >= 4 is 39.1 Å². The Bertz CT molecular complexity index is 1740. The number of rotatable bonds is 5. The van der Waals surface area contributed by atoms with Gasteiger partial charge in [0.05, 0.1) is 10.6 Å². The van der Waals surface area contributed by atoms with Crippen LogP contribution in [0.2, 0.25) is 5.02 Å². The van der Waals surface area contributed by atoms with E-state index in [0.29, 0.717) is 41.8 Å². The second-order valence-electron chi connectivity index (χ2n) is 12.7. The number of anilines is 1. The summed E-state index contributed by atoms with van der Waals surface area (Å²) in [6, 6.07) is 13.3. The second kappa shape index (κ2) is 10.4. The summed E-state index contributed by atoms with van der Waals surface area (Å²) >= 11 is 6.88. The Morgan fingerprint density at radius 2 is 1.91 bits per heavy atom. The lowest BCUT2D eigenvalue weighted by atomic mass is 9.95. The number of alkyl halides is 1. The van der Waals surface area contributed by atoms with Gasteiger partial charge in [0.25, 0.3) is 0 Å². The fraction of sp³-hybridized carbons (Fsp3) is 0.455. The Morgan fingerprint density at radius 1 is 1.05 bits per heavy atom. The molecule has 0 unspecified atom stereocenters. The zero-order chi connectivity index (χ0) is 29.3. The maximum atomic E-state index is 16.8. The van der Waals surface area contributed by atoms with E-state index in [-0.39, 0.29) is 40.0 Å². The molecule has 43 heavy (non-hydrogen) atoms. The van der Waals surface area contributed by atoms with Gasteiger partial charge in [0.15, 0.2) is 5.82 Å². The van der Waals surface area contributed by atoms with Gasteiger partial charge >= 0.3 is 6.01 Å². The van der Waals surface area contributed by atoms with E-state index in [0.717, 1.165) is 62.5 Å². The summed E-state index contributed by atoms with van der Waals surface area (Å²) in [7, 11) is 0. The van der Waals surface area contributed by atoms with Crippen molar-refractivity contribution < 1.29 is 18.6 Å². The number of nitrogens with one attached hydrogen (secondary N) is 1. The molecular weight excluding hydrogens is 572 g/mol. The molecule has 4 aliphatic rings. The average Bonchev–Trinajstić information content (AvgIpc) is 3.62. The quantitative estimate of drug-likeness (QED) is 0.279. The summed E-state index contributed by atoms with van der Waals surface area (Å²) in [5.74, 6) is 0.0245. The van der Waals surface area contributed by atoms with Crippen LogP contribution >= 0.6 is 11.6 Å². The van der Waals surface area contributed by atoms with Crippen molar-refractivity contribution in [3.05, 3.63) is 53.3 Å². The average molecular weight is 606 g/mol.